The van der Waals surface area contributed by atoms with Gasteiger partial charge in [0, 0.05) is 37.6 Å². The topological polar surface area (TPSA) is 109 Å². The molecular formula is C20H24N6O3. The molecular weight excluding hydrogens is 372 g/mol. The van der Waals surface area contributed by atoms with E-state index >= 15 is 0 Å². The van der Waals surface area contributed by atoms with Crippen molar-refractivity contribution < 1.29 is 14.4 Å². The maximum absolute atomic E-state index is 12.7. The average molecular weight is 396 g/mol. The van der Waals surface area contributed by atoms with E-state index in [1.165, 1.54) is 4.90 Å². The van der Waals surface area contributed by atoms with Gasteiger partial charge in [0.05, 0.1) is 6.54 Å². The summed E-state index contributed by atoms with van der Waals surface area (Å²) < 4.78 is 1.72. The molecule has 3 heterocycles. The van der Waals surface area contributed by atoms with Crippen molar-refractivity contribution in [3.63, 3.8) is 0 Å². The summed E-state index contributed by atoms with van der Waals surface area (Å²) in [5.41, 5.74) is 0.300. The minimum absolute atomic E-state index is 0.0342. The van der Waals surface area contributed by atoms with E-state index in [1.807, 2.05) is 12.1 Å². The summed E-state index contributed by atoms with van der Waals surface area (Å²) in [5.74, 6) is -0.0500. The summed E-state index contributed by atoms with van der Waals surface area (Å²) in [6.07, 6.45) is 9.55. The molecule has 0 atom stereocenters. The number of hydrogen-bond donors (Lipinski definition) is 2. The lowest BCUT2D eigenvalue weighted by Crippen LogP contribution is -2.48. The van der Waals surface area contributed by atoms with E-state index in [0.717, 1.165) is 24.8 Å². The zero-order valence-electron chi connectivity index (χ0n) is 16.1. The Morgan fingerprint density at radius 3 is 2.66 bits per heavy atom. The molecule has 2 aliphatic rings. The van der Waals surface area contributed by atoms with Gasteiger partial charge in [0.25, 0.3) is 5.91 Å². The van der Waals surface area contributed by atoms with Crippen molar-refractivity contribution in [3.8, 4) is 0 Å². The van der Waals surface area contributed by atoms with Crippen LogP contribution in [0.5, 0.6) is 0 Å². The molecule has 0 unspecified atom stereocenters. The largest absolute Gasteiger partial charge is 0.325 e. The fourth-order valence-corrected chi connectivity index (χ4v) is 3.98. The third kappa shape index (κ3) is 4.13. The highest BCUT2D eigenvalue weighted by molar-refractivity contribution is 6.07. The second-order valence-corrected chi connectivity index (χ2v) is 7.58. The van der Waals surface area contributed by atoms with Crippen molar-refractivity contribution in [1.29, 1.82) is 0 Å². The number of anilines is 1. The van der Waals surface area contributed by atoms with Gasteiger partial charge in [-0.05, 0) is 30.5 Å². The van der Waals surface area contributed by atoms with Crippen LogP contribution < -0.4 is 10.6 Å². The van der Waals surface area contributed by atoms with Gasteiger partial charge in [-0.2, -0.15) is 5.10 Å². The first kappa shape index (κ1) is 19.1. The van der Waals surface area contributed by atoms with Crippen LogP contribution in [0.2, 0.25) is 0 Å². The molecule has 152 valence electrons. The van der Waals surface area contributed by atoms with Gasteiger partial charge in [0.1, 0.15) is 5.54 Å². The average Bonchev–Trinajstić information content (AvgIpc) is 3.24. The molecule has 1 aliphatic heterocycles. The van der Waals surface area contributed by atoms with Crippen LogP contribution in [-0.4, -0.2) is 49.6 Å². The molecule has 0 radical (unpaired) electrons. The zero-order valence-corrected chi connectivity index (χ0v) is 16.1. The van der Waals surface area contributed by atoms with Crippen LogP contribution in [0.15, 0.2) is 36.8 Å². The van der Waals surface area contributed by atoms with Gasteiger partial charge in [0.2, 0.25) is 5.91 Å². The minimum atomic E-state index is -0.752. The summed E-state index contributed by atoms with van der Waals surface area (Å²) >= 11 is 0. The van der Waals surface area contributed by atoms with Crippen molar-refractivity contribution in [1.82, 2.24) is 25.0 Å². The first-order valence-electron chi connectivity index (χ1n) is 9.92. The van der Waals surface area contributed by atoms with Gasteiger partial charge in [0.15, 0.2) is 5.82 Å². The molecule has 4 amide bonds. The van der Waals surface area contributed by atoms with E-state index in [9.17, 15) is 14.4 Å². The molecule has 1 saturated heterocycles. The summed E-state index contributed by atoms with van der Waals surface area (Å²) in [7, 11) is 0. The summed E-state index contributed by atoms with van der Waals surface area (Å²) in [5, 5.41) is 9.90. The number of pyridine rings is 1. The van der Waals surface area contributed by atoms with Gasteiger partial charge in [-0.15, -0.1) is 0 Å². The van der Waals surface area contributed by atoms with E-state index in [-0.39, 0.29) is 24.8 Å². The van der Waals surface area contributed by atoms with Crippen molar-refractivity contribution >= 4 is 23.7 Å². The number of nitrogens with one attached hydrogen (secondary N) is 2. The van der Waals surface area contributed by atoms with E-state index in [2.05, 4.69) is 20.7 Å². The van der Waals surface area contributed by atoms with E-state index < -0.39 is 11.6 Å². The van der Waals surface area contributed by atoms with Crippen molar-refractivity contribution in [2.45, 2.75) is 50.6 Å². The molecule has 2 N–H and O–H groups in total. The molecule has 29 heavy (non-hydrogen) atoms. The third-order valence-electron chi connectivity index (χ3n) is 5.52. The number of nitrogens with zero attached hydrogens (tertiary/aromatic N) is 4. The van der Waals surface area contributed by atoms with Crippen LogP contribution >= 0.6 is 0 Å². The first-order valence-corrected chi connectivity index (χ1v) is 9.92. The Balaban J connectivity index is 1.29. The van der Waals surface area contributed by atoms with Gasteiger partial charge in [-0.3, -0.25) is 24.2 Å². The standard InChI is InChI=1S/C20H24N6O3/c27-17(22-16-6-12-25(24-16)14-15-4-10-21-11-5-15)7-13-26-18(28)20(23-19(26)29)8-2-1-3-9-20/h4-6,10-12H,1-3,7-9,13-14H2,(H,23,29)(H,22,24,27). The molecule has 9 heteroatoms. The Labute approximate surface area is 168 Å². The number of aromatic nitrogens is 3. The summed E-state index contributed by atoms with van der Waals surface area (Å²) in [4.78, 5) is 42.4. The zero-order chi connectivity index (χ0) is 20.3. The van der Waals surface area contributed by atoms with E-state index in [1.54, 1.807) is 29.3 Å². The summed E-state index contributed by atoms with van der Waals surface area (Å²) in [6, 6.07) is 5.12. The lowest BCUT2D eigenvalue weighted by molar-refractivity contribution is -0.132. The number of carbonyl (C=O) groups excluding carboxylic acids is 3. The summed E-state index contributed by atoms with van der Waals surface area (Å²) in [6.45, 7) is 0.638. The van der Waals surface area contributed by atoms with Gasteiger partial charge < -0.3 is 10.6 Å². The van der Waals surface area contributed by atoms with Crippen molar-refractivity contribution in [3.05, 3.63) is 42.4 Å². The molecule has 2 aromatic rings. The number of rotatable bonds is 6. The highest BCUT2D eigenvalue weighted by Crippen LogP contribution is 2.33. The number of hydrogen-bond acceptors (Lipinski definition) is 5. The number of imide groups is 1. The normalized spacial score (nSPS) is 18.1. The second-order valence-electron chi connectivity index (χ2n) is 7.58. The number of carbonyl (C=O) groups is 3. The maximum atomic E-state index is 12.7. The quantitative estimate of drug-likeness (QED) is 0.725. The third-order valence-corrected chi connectivity index (χ3v) is 5.52. The minimum Gasteiger partial charge on any atom is -0.323 e. The number of amides is 4. The predicted molar refractivity (Wildman–Crippen MR) is 105 cm³/mol. The van der Waals surface area contributed by atoms with Crippen LogP contribution in [0.1, 0.15) is 44.1 Å². The molecule has 2 aromatic heterocycles. The molecule has 0 bridgehead atoms. The van der Waals surface area contributed by atoms with E-state index in [0.29, 0.717) is 25.2 Å². The molecule has 0 aromatic carbocycles. The second kappa shape index (κ2) is 8.02. The maximum Gasteiger partial charge on any atom is 0.325 e. The van der Waals surface area contributed by atoms with Crippen LogP contribution in [0.4, 0.5) is 10.6 Å². The monoisotopic (exact) mass is 396 g/mol. The van der Waals surface area contributed by atoms with Crippen LogP contribution in [0, 0.1) is 0 Å². The molecule has 4 rings (SSSR count). The SMILES string of the molecule is O=C(CCN1C(=O)NC2(CCCCC2)C1=O)Nc1ccn(Cc2ccncc2)n1. The molecule has 2 fully saturated rings. The van der Waals surface area contributed by atoms with Gasteiger partial charge in [-0.25, -0.2) is 4.79 Å². The van der Waals surface area contributed by atoms with Crippen LogP contribution in [-0.2, 0) is 16.1 Å². The molecule has 1 aliphatic carbocycles. The van der Waals surface area contributed by atoms with Crippen molar-refractivity contribution in [2.75, 3.05) is 11.9 Å². The van der Waals surface area contributed by atoms with Crippen LogP contribution in [0.25, 0.3) is 0 Å². The predicted octanol–water partition coefficient (Wildman–Crippen LogP) is 1.91. The molecule has 1 spiro atoms. The smallest absolute Gasteiger partial charge is 0.323 e. The fourth-order valence-electron chi connectivity index (χ4n) is 3.98. The fraction of sp³-hybridized carbons (Fsp3) is 0.450. The Hall–Kier alpha value is -3.23. The highest BCUT2D eigenvalue weighted by atomic mass is 16.2. The first-order chi connectivity index (χ1) is 14.1. The lowest BCUT2D eigenvalue weighted by Gasteiger charge is -2.30. The Morgan fingerprint density at radius 2 is 1.90 bits per heavy atom. The Morgan fingerprint density at radius 1 is 1.14 bits per heavy atom. The van der Waals surface area contributed by atoms with Gasteiger partial charge in [-0.1, -0.05) is 19.3 Å². The van der Waals surface area contributed by atoms with Gasteiger partial charge >= 0.3 is 6.03 Å². The van der Waals surface area contributed by atoms with Crippen LogP contribution in [0.3, 0.4) is 0 Å². The van der Waals surface area contributed by atoms with Crippen molar-refractivity contribution in [2.24, 2.45) is 0 Å². The molecule has 1 saturated carbocycles. The number of urea groups is 1. The van der Waals surface area contributed by atoms with E-state index in [4.69, 9.17) is 0 Å². The highest BCUT2D eigenvalue weighted by Gasteiger charge is 2.51. The Kier molecular flexibility index (Phi) is 5.28. The molecule has 9 nitrogen and oxygen atoms in total. The lowest BCUT2D eigenvalue weighted by atomic mass is 9.82. The Bertz CT molecular complexity index is 904.